The molecule has 1 aliphatic heterocycles. The molecule has 1 N–H and O–H groups in total. The highest BCUT2D eigenvalue weighted by molar-refractivity contribution is 5.78. The number of aliphatic carboxylic acids is 1. The van der Waals surface area contributed by atoms with Gasteiger partial charge in [0.2, 0.25) is 5.91 Å². The van der Waals surface area contributed by atoms with Crippen molar-refractivity contribution in [2.45, 2.75) is 31.9 Å². The Bertz CT molecular complexity index is 307. The number of rotatable bonds is 6. The van der Waals surface area contributed by atoms with Crippen molar-refractivity contribution in [2.75, 3.05) is 27.4 Å². The highest BCUT2D eigenvalue weighted by Crippen LogP contribution is 2.20. The van der Waals surface area contributed by atoms with Crippen LogP contribution >= 0.6 is 0 Å². The molecule has 0 aromatic rings. The monoisotopic (exact) mass is 259 g/mol. The van der Waals surface area contributed by atoms with E-state index in [9.17, 15) is 9.59 Å². The molecular weight excluding hydrogens is 238 g/mol. The van der Waals surface area contributed by atoms with Crippen molar-refractivity contribution in [2.24, 2.45) is 5.92 Å². The Morgan fingerprint density at radius 3 is 2.72 bits per heavy atom. The third-order valence-electron chi connectivity index (χ3n) is 3.43. The third-order valence-corrected chi connectivity index (χ3v) is 3.43. The van der Waals surface area contributed by atoms with Crippen molar-refractivity contribution in [3.05, 3.63) is 0 Å². The van der Waals surface area contributed by atoms with Crippen LogP contribution in [0.3, 0.4) is 0 Å². The van der Waals surface area contributed by atoms with E-state index in [1.165, 1.54) is 4.90 Å². The fourth-order valence-electron chi connectivity index (χ4n) is 1.97. The van der Waals surface area contributed by atoms with Gasteiger partial charge in [0.1, 0.15) is 5.92 Å². The number of ether oxygens (including phenoxy) is 2. The molecule has 0 aromatic carbocycles. The van der Waals surface area contributed by atoms with Crippen LogP contribution in [0.2, 0.25) is 0 Å². The minimum absolute atomic E-state index is 0.0254. The topological polar surface area (TPSA) is 76.1 Å². The first-order chi connectivity index (χ1) is 8.47. The van der Waals surface area contributed by atoms with Gasteiger partial charge >= 0.3 is 5.97 Å². The van der Waals surface area contributed by atoms with Crippen LogP contribution in [0.15, 0.2) is 0 Å². The Kier molecular flexibility index (Phi) is 5.55. The lowest BCUT2D eigenvalue weighted by molar-refractivity contribution is -0.144. The number of amides is 1. The lowest BCUT2D eigenvalue weighted by Crippen LogP contribution is -2.44. The predicted molar refractivity (Wildman–Crippen MR) is 64.2 cm³/mol. The summed E-state index contributed by atoms with van der Waals surface area (Å²) >= 11 is 0. The van der Waals surface area contributed by atoms with E-state index in [1.807, 2.05) is 6.92 Å². The number of methoxy groups -OCH3 is 1. The van der Waals surface area contributed by atoms with Crippen LogP contribution in [0, 0.1) is 5.92 Å². The molecule has 6 heteroatoms. The number of hydrogen-bond donors (Lipinski definition) is 1. The maximum atomic E-state index is 11.9. The molecule has 1 rings (SSSR count). The van der Waals surface area contributed by atoms with Crippen molar-refractivity contribution in [3.63, 3.8) is 0 Å². The van der Waals surface area contributed by atoms with Crippen molar-refractivity contribution in [1.82, 2.24) is 4.90 Å². The third kappa shape index (κ3) is 3.68. The van der Waals surface area contributed by atoms with Gasteiger partial charge in [-0.15, -0.1) is 0 Å². The number of nitrogens with zero attached hydrogens (tertiary/aromatic N) is 1. The first-order valence-electron chi connectivity index (χ1n) is 6.06. The molecule has 1 saturated heterocycles. The Labute approximate surface area is 107 Å². The molecule has 6 nitrogen and oxygen atoms in total. The zero-order chi connectivity index (χ0) is 13.7. The molecule has 1 aliphatic rings. The Hall–Kier alpha value is -1.14. The molecule has 0 aliphatic carbocycles. The highest BCUT2D eigenvalue weighted by Gasteiger charge is 2.38. The first-order valence-corrected chi connectivity index (χ1v) is 6.06. The van der Waals surface area contributed by atoms with E-state index in [1.54, 1.807) is 14.2 Å². The zero-order valence-corrected chi connectivity index (χ0v) is 11.1. The second kappa shape index (κ2) is 6.70. The van der Waals surface area contributed by atoms with Gasteiger partial charge in [0, 0.05) is 20.6 Å². The molecule has 18 heavy (non-hydrogen) atoms. The number of carbonyl (C=O) groups excluding carboxylic acids is 1. The molecule has 3 atom stereocenters. The summed E-state index contributed by atoms with van der Waals surface area (Å²) in [6, 6.07) is -0.368. The molecule has 0 aromatic heterocycles. The normalized spacial score (nSPS) is 24.8. The average molecular weight is 259 g/mol. The van der Waals surface area contributed by atoms with Gasteiger partial charge in [0.25, 0.3) is 0 Å². The molecule has 0 bridgehead atoms. The van der Waals surface area contributed by atoms with Crippen LogP contribution < -0.4 is 0 Å². The van der Waals surface area contributed by atoms with E-state index >= 15 is 0 Å². The average Bonchev–Trinajstić information content (AvgIpc) is 2.83. The standard InChI is InChI=1S/C12H21NO5/c1-8(17-3)4-5-11(14)13(2)10-7-18-6-9(10)12(15)16/h8-10H,4-7H2,1-3H3,(H,15,16). The summed E-state index contributed by atoms with van der Waals surface area (Å²) in [7, 11) is 3.24. The van der Waals surface area contributed by atoms with Gasteiger partial charge in [-0.3, -0.25) is 9.59 Å². The van der Waals surface area contributed by atoms with Gasteiger partial charge < -0.3 is 19.5 Å². The smallest absolute Gasteiger partial charge is 0.311 e. The van der Waals surface area contributed by atoms with Crippen LogP contribution in [0.4, 0.5) is 0 Å². The molecule has 1 fully saturated rings. The van der Waals surface area contributed by atoms with Crippen molar-refractivity contribution >= 4 is 11.9 Å². The Balaban J connectivity index is 2.50. The molecule has 1 heterocycles. The van der Waals surface area contributed by atoms with Gasteiger partial charge in [-0.2, -0.15) is 0 Å². The van der Waals surface area contributed by atoms with E-state index in [2.05, 4.69) is 0 Å². The molecule has 1 amide bonds. The minimum Gasteiger partial charge on any atom is -0.481 e. The fourth-order valence-corrected chi connectivity index (χ4v) is 1.97. The molecule has 0 radical (unpaired) electrons. The van der Waals surface area contributed by atoms with E-state index < -0.39 is 11.9 Å². The van der Waals surface area contributed by atoms with Gasteiger partial charge in [0.05, 0.1) is 25.4 Å². The van der Waals surface area contributed by atoms with Crippen molar-refractivity contribution in [1.29, 1.82) is 0 Å². The molecular formula is C12H21NO5. The number of carboxylic acid groups (broad SMARTS) is 1. The summed E-state index contributed by atoms with van der Waals surface area (Å²) in [6.07, 6.45) is 1.01. The number of carboxylic acids is 1. The van der Waals surface area contributed by atoms with Crippen LogP contribution in [-0.2, 0) is 19.1 Å². The van der Waals surface area contributed by atoms with Gasteiger partial charge in [-0.1, -0.05) is 0 Å². The molecule has 104 valence electrons. The lowest BCUT2D eigenvalue weighted by atomic mass is 10.0. The maximum Gasteiger partial charge on any atom is 0.311 e. The molecule has 3 unspecified atom stereocenters. The Morgan fingerprint density at radius 1 is 1.50 bits per heavy atom. The predicted octanol–water partition coefficient (Wildman–Crippen LogP) is 0.360. The summed E-state index contributed by atoms with van der Waals surface area (Å²) in [6.45, 7) is 2.36. The number of likely N-dealkylation sites (N-methyl/N-ethyl adjacent to an activating group) is 1. The van der Waals surface area contributed by atoms with Crippen LogP contribution in [0.1, 0.15) is 19.8 Å². The van der Waals surface area contributed by atoms with E-state index in [-0.39, 0.29) is 24.7 Å². The summed E-state index contributed by atoms with van der Waals surface area (Å²) < 4.78 is 10.2. The molecule has 0 spiro atoms. The quantitative estimate of drug-likeness (QED) is 0.745. The fraction of sp³-hybridized carbons (Fsp3) is 0.833. The van der Waals surface area contributed by atoms with Crippen LogP contribution in [0.25, 0.3) is 0 Å². The lowest BCUT2D eigenvalue weighted by Gasteiger charge is -2.26. The highest BCUT2D eigenvalue weighted by atomic mass is 16.5. The SMILES string of the molecule is COC(C)CCC(=O)N(C)C1COCC1C(=O)O. The minimum atomic E-state index is -0.914. The summed E-state index contributed by atoms with van der Waals surface area (Å²) in [4.78, 5) is 24.4. The van der Waals surface area contributed by atoms with E-state index in [4.69, 9.17) is 14.6 Å². The van der Waals surface area contributed by atoms with Gasteiger partial charge in [0.15, 0.2) is 0 Å². The Morgan fingerprint density at radius 2 is 2.17 bits per heavy atom. The number of carbonyl (C=O) groups is 2. The maximum absolute atomic E-state index is 11.9. The molecule has 0 saturated carbocycles. The van der Waals surface area contributed by atoms with Gasteiger partial charge in [-0.25, -0.2) is 0 Å². The summed E-state index contributed by atoms with van der Waals surface area (Å²) in [5.41, 5.74) is 0. The summed E-state index contributed by atoms with van der Waals surface area (Å²) in [5, 5.41) is 9.03. The number of hydrogen-bond acceptors (Lipinski definition) is 4. The van der Waals surface area contributed by atoms with E-state index in [0.717, 1.165) is 0 Å². The van der Waals surface area contributed by atoms with Crippen molar-refractivity contribution < 1.29 is 24.2 Å². The summed E-state index contributed by atoms with van der Waals surface area (Å²) in [5.74, 6) is -1.61. The van der Waals surface area contributed by atoms with Crippen molar-refractivity contribution in [3.8, 4) is 0 Å². The van der Waals surface area contributed by atoms with Crippen LogP contribution in [0.5, 0.6) is 0 Å². The largest absolute Gasteiger partial charge is 0.481 e. The van der Waals surface area contributed by atoms with Gasteiger partial charge in [-0.05, 0) is 13.3 Å². The zero-order valence-electron chi connectivity index (χ0n) is 11.1. The first kappa shape index (κ1) is 14.9. The second-order valence-electron chi connectivity index (χ2n) is 4.64. The van der Waals surface area contributed by atoms with Crippen LogP contribution in [-0.4, -0.2) is 61.4 Å². The second-order valence-corrected chi connectivity index (χ2v) is 4.64. The van der Waals surface area contributed by atoms with E-state index in [0.29, 0.717) is 19.4 Å².